The van der Waals surface area contributed by atoms with Gasteiger partial charge in [0.05, 0.1) is 16.2 Å². The fourth-order valence-electron chi connectivity index (χ4n) is 1.40. The molecule has 0 saturated carbocycles. The first-order chi connectivity index (χ1) is 8.00. The molecule has 0 aliphatic carbocycles. The SMILES string of the molecule is C=C1SC(=S)N(c2cccc(C(=O)O)c2)C1=O. The third kappa shape index (κ3) is 2.09. The van der Waals surface area contributed by atoms with Gasteiger partial charge in [-0.25, -0.2) is 4.79 Å². The minimum atomic E-state index is -1.05. The second kappa shape index (κ2) is 4.31. The number of nitrogens with zero attached hydrogens (tertiary/aromatic N) is 1. The van der Waals surface area contributed by atoms with E-state index in [1.54, 1.807) is 12.1 Å². The molecule has 1 fully saturated rings. The maximum Gasteiger partial charge on any atom is 0.335 e. The molecule has 1 aromatic rings. The fourth-order valence-corrected chi connectivity index (χ4v) is 2.56. The van der Waals surface area contributed by atoms with Crippen LogP contribution >= 0.6 is 24.0 Å². The van der Waals surface area contributed by atoms with Crippen LogP contribution in [0, 0.1) is 0 Å². The molecule has 0 aromatic heterocycles. The number of carboxylic acids is 1. The van der Waals surface area contributed by atoms with Crippen molar-refractivity contribution in [3.63, 3.8) is 0 Å². The van der Waals surface area contributed by atoms with Crippen LogP contribution in [-0.2, 0) is 4.79 Å². The summed E-state index contributed by atoms with van der Waals surface area (Å²) >= 11 is 6.16. The molecule has 0 spiro atoms. The molecule has 0 atom stereocenters. The largest absolute Gasteiger partial charge is 0.478 e. The van der Waals surface area contributed by atoms with E-state index in [4.69, 9.17) is 17.3 Å². The monoisotopic (exact) mass is 265 g/mol. The summed E-state index contributed by atoms with van der Waals surface area (Å²) in [6, 6.07) is 6.07. The Bertz CT molecular complexity index is 553. The van der Waals surface area contributed by atoms with E-state index in [1.807, 2.05) is 0 Å². The summed E-state index contributed by atoms with van der Waals surface area (Å²) in [5.74, 6) is -1.35. The number of amides is 1. The minimum absolute atomic E-state index is 0.112. The van der Waals surface area contributed by atoms with Gasteiger partial charge in [-0.05, 0) is 18.2 Å². The number of thiocarbonyl (C=S) groups is 1. The van der Waals surface area contributed by atoms with Crippen molar-refractivity contribution in [2.45, 2.75) is 0 Å². The third-order valence-corrected chi connectivity index (χ3v) is 3.40. The molecular weight excluding hydrogens is 258 g/mol. The molecule has 1 aliphatic rings. The molecule has 1 saturated heterocycles. The predicted octanol–water partition coefficient (Wildman–Crippen LogP) is 2.26. The Balaban J connectivity index is 2.44. The van der Waals surface area contributed by atoms with Crippen molar-refractivity contribution in [1.82, 2.24) is 0 Å². The zero-order valence-electron chi connectivity index (χ0n) is 8.54. The molecule has 1 aliphatic heterocycles. The van der Waals surface area contributed by atoms with Crippen LogP contribution in [0.3, 0.4) is 0 Å². The Hall–Kier alpha value is -1.66. The Morgan fingerprint density at radius 2 is 2.18 bits per heavy atom. The first-order valence-electron chi connectivity index (χ1n) is 4.59. The molecule has 1 heterocycles. The highest BCUT2D eigenvalue weighted by molar-refractivity contribution is 8.27. The minimum Gasteiger partial charge on any atom is -0.478 e. The number of aromatic carboxylic acids is 1. The van der Waals surface area contributed by atoms with Gasteiger partial charge in [0.1, 0.15) is 0 Å². The van der Waals surface area contributed by atoms with Crippen molar-refractivity contribution >= 4 is 45.9 Å². The number of anilines is 1. The predicted molar refractivity (Wildman–Crippen MR) is 70.2 cm³/mol. The average Bonchev–Trinajstić information content (AvgIpc) is 2.53. The van der Waals surface area contributed by atoms with Gasteiger partial charge in [-0.2, -0.15) is 0 Å². The van der Waals surface area contributed by atoms with Gasteiger partial charge in [-0.3, -0.25) is 9.69 Å². The number of carbonyl (C=O) groups excluding carboxylic acids is 1. The quantitative estimate of drug-likeness (QED) is 0.656. The van der Waals surface area contributed by atoms with Gasteiger partial charge in [-0.15, -0.1) is 0 Å². The van der Waals surface area contributed by atoms with Crippen molar-refractivity contribution in [2.75, 3.05) is 4.90 Å². The van der Waals surface area contributed by atoms with E-state index in [1.165, 1.54) is 17.0 Å². The van der Waals surface area contributed by atoms with Gasteiger partial charge in [0.15, 0.2) is 4.32 Å². The number of rotatable bonds is 2. The molecule has 86 valence electrons. The zero-order valence-corrected chi connectivity index (χ0v) is 10.2. The van der Waals surface area contributed by atoms with Gasteiger partial charge >= 0.3 is 5.97 Å². The summed E-state index contributed by atoms with van der Waals surface area (Å²) in [6.45, 7) is 3.59. The Morgan fingerprint density at radius 3 is 2.71 bits per heavy atom. The maximum atomic E-state index is 11.8. The van der Waals surface area contributed by atoms with Gasteiger partial charge in [0, 0.05) is 0 Å². The summed E-state index contributed by atoms with van der Waals surface area (Å²) in [5.41, 5.74) is 0.562. The van der Waals surface area contributed by atoms with E-state index in [0.717, 1.165) is 11.8 Å². The van der Waals surface area contributed by atoms with E-state index < -0.39 is 5.97 Å². The fraction of sp³-hybridized carbons (Fsp3) is 0. The van der Waals surface area contributed by atoms with Gasteiger partial charge in [0.2, 0.25) is 0 Å². The third-order valence-electron chi connectivity index (χ3n) is 2.19. The summed E-state index contributed by atoms with van der Waals surface area (Å²) in [7, 11) is 0. The number of hydrogen-bond acceptors (Lipinski definition) is 4. The van der Waals surface area contributed by atoms with Crippen molar-refractivity contribution in [1.29, 1.82) is 0 Å². The summed E-state index contributed by atoms with van der Waals surface area (Å²) < 4.78 is 0.363. The second-order valence-electron chi connectivity index (χ2n) is 3.29. The van der Waals surface area contributed by atoms with Crippen LogP contribution in [0.15, 0.2) is 35.7 Å². The number of thioether (sulfide) groups is 1. The Kier molecular flexibility index (Phi) is 2.99. The number of benzene rings is 1. The van der Waals surface area contributed by atoms with E-state index >= 15 is 0 Å². The van der Waals surface area contributed by atoms with Crippen LogP contribution in [0.5, 0.6) is 0 Å². The van der Waals surface area contributed by atoms with Crippen LogP contribution in [0.2, 0.25) is 0 Å². The summed E-state index contributed by atoms with van der Waals surface area (Å²) in [4.78, 5) is 24.2. The van der Waals surface area contributed by atoms with Crippen LogP contribution in [-0.4, -0.2) is 21.3 Å². The van der Waals surface area contributed by atoms with Crippen LogP contribution in [0.25, 0.3) is 0 Å². The smallest absolute Gasteiger partial charge is 0.335 e. The first-order valence-corrected chi connectivity index (χ1v) is 5.81. The van der Waals surface area contributed by atoms with Crippen LogP contribution in [0.4, 0.5) is 5.69 Å². The molecule has 6 heteroatoms. The molecule has 0 radical (unpaired) electrons. The van der Waals surface area contributed by atoms with Crippen LogP contribution < -0.4 is 4.90 Å². The standard InChI is InChI=1S/C11H7NO3S2/c1-6-9(13)12(11(16)17-6)8-4-2-3-7(5-8)10(14)15/h2-5H,1H2,(H,14,15). The van der Waals surface area contributed by atoms with Gasteiger partial charge in [0.25, 0.3) is 5.91 Å². The lowest BCUT2D eigenvalue weighted by Gasteiger charge is -2.14. The van der Waals surface area contributed by atoms with E-state index in [0.29, 0.717) is 14.9 Å². The molecule has 17 heavy (non-hydrogen) atoms. The van der Waals surface area contributed by atoms with E-state index in [2.05, 4.69) is 6.58 Å². The summed E-state index contributed by atoms with van der Waals surface area (Å²) in [6.07, 6.45) is 0. The highest BCUT2D eigenvalue weighted by Crippen LogP contribution is 2.33. The summed E-state index contributed by atoms with van der Waals surface area (Å²) in [5, 5.41) is 8.88. The molecular formula is C11H7NO3S2. The average molecular weight is 265 g/mol. The molecule has 4 nitrogen and oxygen atoms in total. The van der Waals surface area contributed by atoms with E-state index in [-0.39, 0.29) is 11.5 Å². The van der Waals surface area contributed by atoms with Crippen molar-refractivity contribution in [2.24, 2.45) is 0 Å². The lowest BCUT2D eigenvalue weighted by Crippen LogP contribution is -2.27. The highest BCUT2D eigenvalue weighted by atomic mass is 32.2. The Morgan fingerprint density at radius 1 is 1.47 bits per heavy atom. The highest BCUT2D eigenvalue weighted by Gasteiger charge is 2.32. The molecule has 1 N–H and O–H groups in total. The zero-order chi connectivity index (χ0) is 12.6. The topological polar surface area (TPSA) is 57.6 Å². The lowest BCUT2D eigenvalue weighted by atomic mass is 10.2. The maximum absolute atomic E-state index is 11.8. The van der Waals surface area contributed by atoms with Crippen molar-refractivity contribution in [3.05, 3.63) is 41.3 Å². The first kappa shape index (κ1) is 11.8. The van der Waals surface area contributed by atoms with Crippen LogP contribution in [0.1, 0.15) is 10.4 Å². The normalized spacial score (nSPS) is 15.5. The number of carbonyl (C=O) groups is 2. The molecule has 2 rings (SSSR count). The second-order valence-corrected chi connectivity index (χ2v) is 5.02. The Labute approximate surface area is 107 Å². The van der Waals surface area contributed by atoms with E-state index in [9.17, 15) is 9.59 Å². The molecule has 1 aromatic carbocycles. The van der Waals surface area contributed by atoms with Gasteiger partial charge < -0.3 is 5.11 Å². The molecule has 0 unspecified atom stereocenters. The van der Waals surface area contributed by atoms with Gasteiger partial charge in [-0.1, -0.05) is 36.6 Å². The lowest BCUT2D eigenvalue weighted by molar-refractivity contribution is -0.113. The number of hydrogen-bond donors (Lipinski definition) is 1. The van der Waals surface area contributed by atoms with Crippen molar-refractivity contribution in [3.8, 4) is 0 Å². The number of carboxylic acid groups (broad SMARTS) is 1. The molecule has 1 amide bonds. The van der Waals surface area contributed by atoms with Crippen molar-refractivity contribution < 1.29 is 14.7 Å². The molecule has 0 bridgehead atoms.